The molecular weight excluding hydrogens is 379 g/mol. The summed E-state index contributed by atoms with van der Waals surface area (Å²) in [5, 5.41) is 1.12. The van der Waals surface area contributed by atoms with E-state index in [-0.39, 0.29) is 5.78 Å². The van der Waals surface area contributed by atoms with Crippen molar-refractivity contribution >= 4 is 56.7 Å². The lowest BCUT2D eigenvalue weighted by atomic mass is 10.1. The molecule has 1 nitrogen and oxygen atoms in total. The highest BCUT2D eigenvalue weighted by Gasteiger charge is 2.08. The fourth-order valence-corrected chi connectivity index (χ4v) is 3.12. The van der Waals surface area contributed by atoms with Crippen molar-refractivity contribution in [2.24, 2.45) is 0 Å². The van der Waals surface area contributed by atoms with Crippen LogP contribution in [-0.2, 0) is 11.2 Å². The Morgan fingerprint density at radius 1 is 1.10 bits per heavy atom. The van der Waals surface area contributed by atoms with Crippen molar-refractivity contribution in [2.45, 2.75) is 11.3 Å². The molecule has 0 aromatic heterocycles. The molecule has 0 aliphatic heterocycles. The molecule has 0 unspecified atom stereocenters. The molecule has 0 atom stereocenters. The van der Waals surface area contributed by atoms with E-state index in [1.807, 2.05) is 24.3 Å². The molecule has 104 valence electrons. The number of benzene rings is 2. The predicted octanol–water partition coefficient (Wildman–Crippen LogP) is 5.66. The molecule has 0 bridgehead atoms. The standard InChI is InChI=1S/C15H11BrCl2OS/c16-11-2-5-14(6-3-11)20-9-13(19)7-10-1-4-12(17)8-15(10)18/h1-6,8H,7,9H2. The highest BCUT2D eigenvalue weighted by atomic mass is 79.9. The molecule has 20 heavy (non-hydrogen) atoms. The fourth-order valence-electron chi connectivity index (χ4n) is 1.62. The molecule has 0 N–H and O–H groups in total. The summed E-state index contributed by atoms with van der Waals surface area (Å²) >= 11 is 16.8. The lowest BCUT2D eigenvalue weighted by Gasteiger charge is -2.05. The average Bonchev–Trinajstić information content (AvgIpc) is 2.41. The van der Waals surface area contributed by atoms with Crippen LogP contribution in [0.1, 0.15) is 5.56 Å². The molecule has 0 amide bonds. The number of halogens is 3. The lowest BCUT2D eigenvalue weighted by molar-refractivity contribution is -0.116. The summed E-state index contributed by atoms with van der Waals surface area (Å²) in [7, 11) is 0. The van der Waals surface area contributed by atoms with Gasteiger partial charge in [0.25, 0.3) is 0 Å². The van der Waals surface area contributed by atoms with Crippen LogP contribution in [0.3, 0.4) is 0 Å². The smallest absolute Gasteiger partial charge is 0.147 e. The van der Waals surface area contributed by atoms with Gasteiger partial charge in [0.15, 0.2) is 0 Å². The molecule has 2 rings (SSSR count). The Kier molecular flexibility index (Phi) is 5.97. The molecule has 2 aromatic rings. The average molecular weight is 390 g/mol. The Morgan fingerprint density at radius 2 is 1.80 bits per heavy atom. The third-order valence-corrected chi connectivity index (χ3v) is 4.80. The van der Waals surface area contributed by atoms with Gasteiger partial charge in [0.2, 0.25) is 0 Å². The minimum absolute atomic E-state index is 0.141. The third-order valence-electron chi connectivity index (χ3n) is 2.62. The number of rotatable bonds is 5. The van der Waals surface area contributed by atoms with Crippen LogP contribution in [0, 0.1) is 0 Å². The van der Waals surface area contributed by atoms with E-state index in [1.54, 1.807) is 18.2 Å². The Bertz CT molecular complexity index is 614. The monoisotopic (exact) mass is 388 g/mol. The van der Waals surface area contributed by atoms with Gasteiger partial charge in [-0.15, -0.1) is 11.8 Å². The van der Waals surface area contributed by atoms with Gasteiger partial charge in [-0.25, -0.2) is 0 Å². The predicted molar refractivity (Wildman–Crippen MR) is 90.0 cm³/mol. The number of hydrogen-bond donors (Lipinski definition) is 0. The SMILES string of the molecule is O=C(CSc1ccc(Br)cc1)Cc1ccc(Cl)cc1Cl. The fraction of sp³-hybridized carbons (Fsp3) is 0.133. The summed E-state index contributed by atoms with van der Waals surface area (Å²) in [6.07, 6.45) is 0.333. The second kappa shape index (κ2) is 7.51. The van der Waals surface area contributed by atoms with Crippen LogP contribution in [0.4, 0.5) is 0 Å². The molecule has 5 heteroatoms. The molecular formula is C15H11BrCl2OS. The number of Topliss-reactive ketones (excluding diaryl/α,β-unsaturated/α-hetero) is 1. The first-order chi connectivity index (χ1) is 9.54. The minimum Gasteiger partial charge on any atom is -0.298 e. The van der Waals surface area contributed by atoms with E-state index >= 15 is 0 Å². The van der Waals surface area contributed by atoms with Crippen molar-refractivity contribution < 1.29 is 4.79 Å². The maximum atomic E-state index is 12.0. The van der Waals surface area contributed by atoms with Gasteiger partial charge in [0, 0.05) is 25.8 Å². The largest absolute Gasteiger partial charge is 0.298 e. The van der Waals surface area contributed by atoms with E-state index in [1.165, 1.54) is 11.8 Å². The quantitative estimate of drug-likeness (QED) is 0.613. The number of carbonyl (C=O) groups is 1. The van der Waals surface area contributed by atoms with E-state index < -0.39 is 0 Å². The highest BCUT2D eigenvalue weighted by molar-refractivity contribution is 9.10. The van der Waals surface area contributed by atoms with Crippen LogP contribution in [0.5, 0.6) is 0 Å². The van der Waals surface area contributed by atoms with Crippen molar-refractivity contribution in [3.05, 3.63) is 62.5 Å². The van der Waals surface area contributed by atoms with E-state index in [4.69, 9.17) is 23.2 Å². The second-order valence-corrected chi connectivity index (χ2v) is 7.00. The number of carbonyl (C=O) groups excluding carboxylic acids is 1. The summed E-state index contributed by atoms with van der Waals surface area (Å²) in [6.45, 7) is 0. The van der Waals surface area contributed by atoms with E-state index in [0.717, 1.165) is 14.9 Å². The Hall–Kier alpha value is -0.480. The zero-order valence-corrected chi connectivity index (χ0v) is 14.3. The first kappa shape index (κ1) is 15.9. The zero-order chi connectivity index (χ0) is 14.5. The van der Waals surface area contributed by atoms with Gasteiger partial charge in [-0.1, -0.05) is 45.2 Å². The van der Waals surface area contributed by atoms with Crippen LogP contribution in [0.25, 0.3) is 0 Å². The van der Waals surface area contributed by atoms with Crippen LogP contribution in [0.2, 0.25) is 10.0 Å². The number of thioether (sulfide) groups is 1. The minimum atomic E-state index is 0.141. The molecule has 2 aromatic carbocycles. The molecule has 0 fully saturated rings. The zero-order valence-electron chi connectivity index (χ0n) is 10.4. The van der Waals surface area contributed by atoms with Crippen molar-refractivity contribution in [2.75, 3.05) is 5.75 Å². The highest BCUT2D eigenvalue weighted by Crippen LogP contribution is 2.24. The van der Waals surface area contributed by atoms with Crippen LogP contribution in [0.15, 0.2) is 51.8 Å². The van der Waals surface area contributed by atoms with Gasteiger partial charge in [0.05, 0.1) is 5.75 Å². The molecule has 0 heterocycles. The van der Waals surface area contributed by atoms with Crippen LogP contribution >= 0.6 is 50.9 Å². The van der Waals surface area contributed by atoms with E-state index in [9.17, 15) is 4.79 Å². The van der Waals surface area contributed by atoms with Crippen molar-refractivity contribution in [3.8, 4) is 0 Å². The summed E-state index contributed by atoms with van der Waals surface area (Å²) < 4.78 is 1.03. The Labute approximate surface area is 140 Å². The van der Waals surface area contributed by atoms with Crippen LogP contribution < -0.4 is 0 Å². The molecule has 0 saturated carbocycles. The van der Waals surface area contributed by atoms with Gasteiger partial charge in [-0.05, 0) is 42.0 Å². The Morgan fingerprint density at radius 3 is 2.45 bits per heavy atom. The Balaban J connectivity index is 1.90. The van der Waals surface area contributed by atoms with E-state index in [0.29, 0.717) is 22.2 Å². The summed E-state index contributed by atoms with van der Waals surface area (Å²) in [4.78, 5) is 13.0. The molecule has 0 spiro atoms. The molecule has 0 aliphatic rings. The summed E-state index contributed by atoms with van der Waals surface area (Å²) in [5.74, 6) is 0.572. The van der Waals surface area contributed by atoms with Crippen molar-refractivity contribution in [1.29, 1.82) is 0 Å². The van der Waals surface area contributed by atoms with Crippen molar-refractivity contribution in [3.63, 3.8) is 0 Å². The summed E-state index contributed by atoms with van der Waals surface area (Å²) in [5.41, 5.74) is 0.817. The normalized spacial score (nSPS) is 10.6. The first-order valence-electron chi connectivity index (χ1n) is 5.88. The lowest BCUT2D eigenvalue weighted by Crippen LogP contribution is -2.06. The van der Waals surface area contributed by atoms with Crippen molar-refractivity contribution in [1.82, 2.24) is 0 Å². The third kappa shape index (κ3) is 4.81. The number of hydrogen-bond acceptors (Lipinski definition) is 2. The number of ketones is 1. The van der Waals surface area contributed by atoms with Gasteiger partial charge in [0.1, 0.15) is 5.78 Å². The molecule has 0 aliphatic carbocycles. The van der Waals surface area contributed by atoms with Gasteiger partial charge >= 0.3 is 0 Å². The maximum Gasteiger partial charge on any atom is 0.147 e. The maximum absolute atomic E-state index is 12.0. The van der Waals surface area contributed by atoms with Gasteiger partial charge in [-0.3, -0.25) is 4.79 Å². The van der Waals surface area contributed by atoms with Gasteiger partial charge < -0.3 is 0 Å². The first-order valence-corrected chi connectivity index (χ1v) is 8.42. The topological polar surface area (TPSA) is 17.1 Å². The molecule has 0 radical (unpaired) electrons. The molecule has 0 saturated heterocycles. The van der Waals surface area contributed by atoms with E-state index in [2.05, 4.69) is 15.9 Å². The second-order valence-electron chi connectivity index (χ2n) is 4.19. The summed E-state index contributed by atoms with van der Waals surface area (Å²) in [6, 6.07) is 13.1. The van der Waals surface area contributed by atoms with Crippen LogP contribution in [-0.4, -0.2) is 11.5 Å². The van der Waals surface area contributed by atoms with Gasteiger partial charge in [-0.2, -0.15) is 0 Å².